The van der Waals surface area contributed by atoms with Gasteiger partial charge in [0.05, 0.1) is 6.61 Å². The van der Waals surface area contributed by atoms with E-state index in [0.717, 1.165) is 5.56 Å². The summed E-state index contributed by atoms with van der Waals surface area (Å²) in [4.78, 5) is 31.1. The van der Waals surface area contributed by atoms with Crippen LogP contribution in [0.15, 0.2) is 48.8 Å². The van der Waals surface area contributed by atoms with Gasteiger partial charge in [-0.1, -0.05) is 19.9 Å². The van der Waals surface area contributed by atoms with Gasteiger partial charge in [0.2, 0.25) is 5.91 Å². The maximum atomic E-state index is 12.9. The van der Waals surface area contributed by atoms with Crippen LogP contribution in [-0.4, -0.2) is 41.4 Å². The molecule has 6 nitrogen and oxygen atoms in total. The highest BCUT2D eigenvalue weighted by molar-refractivity contribution is 5.97. The number of pyridine rings is 1. The van der Waals surface area contributed by atoms with Gasteiger partial charge in [0.1, 0.15) is 11.8 Å². The standard InChI is InChI=1S/C21H27N3O3/c1-5-27-18-10-8-17(9-11-18)20(25)23-19(15(2)3)21(26)24(4)14-16-7-6-12-22-13-16/h6-13,15,19H,5,14H2,1-4H3,(H,23,25). The first-order valence-corrected chi connectivity index (χ1v) is 9.10. The SMILES string of the molecule is CCOc1ccc(C(=O)NC(C(=O)N(C)Cc2cccnc2)C(C)C)cc1. The Kier molecular flexibility index (Phi) is 7.34. The minimum Gasteiger partial charge on any atom is -0.494 e. The molecular formula is C21H27N3O3. The molecule has 0 aliphatic heterocycles. The zero-order valence-electron chi connectivity index (χ0n) is 16.3. The molecule has 1 aromatic heterocycles. The summed E-state index contributed by atoms with van der Waals surface area (Å²) in [7, 11) is 1.73. The third-order valence-electron chi connectivity index (χ3n) is 4.17. The topological polar surface area (TPSA) is 71.5 Å². The number of nitrogens with zero attached hydrogens (tertiary/aromatic N) is 2. The first kappa shape index (κ1) is 20.4. The van der Waals surface area contributed by atoms with E-state index < -0.39 is 6.04 Å². The predicted molar refractivity (Wildman–Crippen MR) is 104 cm³/mol. The van der Waals surface area contributed by atoms with Gasteiger partial charge in [-0.25, -0.2) is 0 Å². The molecule has 0 radical (unpaired) electrons. The Bertz CT molecular complexity index is 745. The van der Waals surface area contributed by atoms with Crippen molar-refractivity contribution >= 4 is 11.8 Å². The van der Waals surface area contributed by atoms with Crippen molar-refractivity contribution in [2.24, 2.45) is 5.92 Å². The van der Waals surface area contributed by atoms with Crippen molar-refractivity contribution < 1.29 is 14.3 Å². The van der Waals surface area contributed by atoms with Crippen LogP contribution in [0.25, 0.3) is 0 Å². The number of hydrogen-bond acceptors (Lipinski definition) is 4. The summed E-state index contributed by atoms with van der Waals surface area (Å²) in [6, 6.07) is 10.0. The number of likely N-dealkylation sites (N-methyl/N-ethyl adjacent to an activating group) is 1. The fourth-order valence-electron chi connectivity index (χ4n) is 2.69. The molecule has 1 N–H and O–H groups in total. The molecule has 0 fully saturated rings. The molecule has 144 valence electrons. The Labute approximate surface area is 160 Å². The molecule has 2 aromatic rings. The van der Waals surface area contributed by atoms with E-state index in [1.807, 2.05) is 32.9 Å². The van der Waals surface area contributed by atoms with E-state index in [9.17, 15) is 9.59 Å². The van der Waals surface area contributed by atoms with Crippen LogP contribution in [0.5, 0.6) is 5.75 Å². The average molecular weight is 369 g/mol. The number of amides is 2. The fourth-order valence-corrected chi connectivity index (χ4v) is 2.69. The van der Waals surface area contributed by atoms with Crippen LogP contribution in [0.4, 0.5) is 0 Å². The second kappa shape index (κ2) is 9.71. The lowest BCUT2D eigenvalue weighted by Gasteiger charge is -2.27. The number of hydrogen-bond donors (Lipinski definition) is 1. The molecule has 0 saturated carbocycles. The molecule has 2 rings (SSSR count). The molecule has 27 heavy (non-hydrogen) atoms. The van der Waals surface area contributed by atoms with Crippen molar-refractivity contribution in [1.29, 1.82) is 0 Å². The molecule has 1 atom stereocenters. The van der Waals surface area contributed by atoms with E-state index in [0.29, 0.717) is 24.5 Å². The van der Waals surface area contributed by atoms with Crippen LogP contribution in [0.3, 0.4) is 0 Å². The molecule has 1 unspecified atom stereocenters. The van der Waals surface area contributed by atoms with Crippen molar-refractivity contribution in [2.75, 3.05) is 13.7 Å². The summed E-state index contributed by atoms with van der Waals surface area (Å²) >= 11 is 0. The lowest BCUT2D eigenvalue weighted by Crippen LogP contribution is -2.50. The molecule has 1 aromatic carbocycles. The third kappa shape index (κ3) is 5.81. The molecule has 6 heteroatoms. The Morgan fingerprint density at radius 3 is 2.44 bits per heavy atom. The highest BCUT2D eigenvalue weighted by atomic mass is 16.5. The van der Waals surface area contributed by atoms with E-state index in [-0.39, 0.29) is 17.7 Å². The number of carbonyl (C=O) groups excluding carboxylic acids is 2. The van der Waals surface area contributed by atoms with Crippen LogP contribution in [-0.2, 0) is 11.3 Å². The van der Waals surface area contributed by atoms with E-state index in [1.54, 1.807) is 48.6 Å². The van der Waals surface area contributed by atoms with Gasteiger partial charge < -0.3 is 15.0 Å². The van der Waals surface area contributed by atoms with Crippen LogP contribution in [0.2, 0.25) is 0 Å². The van der Waals surface area contributed by atoms with Gasteiger partial charge in [-0.2, -0.15) is 0 Å². The second-order valence-electron chi connectivity index (χ2n) is 6.71. The van der Waals surface area contributed by atoms with Gasteiger partial charge in [0.25, 0.3) is 5.91 Å². The Hall–Kier alpha value is -2.89. The van der Waals surface area contributed by atoms with E-state index in [4.69, 9.17) is 4.74 Å². The first-order valence-electron chi connectivity index (χ1n) is 9.10. The highest BCUT2D eigenvalue weighted by Gasteiger charge is 2.27. The summed E-state index contributed by atoms with van der Waals surface area (Å²) in [5.74, 6) is 0.259. The Balaban J connectivity index is 2.05. The lowest BCUT2D eigenvalue weighted by molar-refractivity contribution is -0.133. The van der Waals surface area contributed by atoms with Gasteiger partial charge >= 0.3 is 0 Å². The minimum absolute atomic E-state index is 0.0412. The number of nitrogens with one attached hydrogen (secondary N) is 1. The smallest absolute Gasteiger partial charge is 0.251 e. The molecule has 0 spiro atoms. The molecule has 1 heterocycles. The third-order valence-corrected chi connectivity index (χ3v) is 4.17. The molecule has 0 bridgehead atoms. The number of carbonyl (C=O) groups is 2. The number of rotatable bonds is 8. The second-order valence-corrected chi connectivity index (χ2v) is 6.71. The molecule has 0 aliphatic carbocycles. The highest BCUT2D eigenvalue weighted by Crippen LogP contribution is 2.14. The van der Waals surface area contributed by atoms with Crippen molar-refractivity contribution in [3.8, 4) is 5.75 Å². The fraction of sp³-hybridized carbons (Fsp3) is 0.381. The van der Waals surface area contributed by atoms with Crippen molar-refractivity contribution in [3.05, 3.63) is 59.9 Å². The summed E-state index contributed by atoms with van der Waals surface area (Å²) in [6.45, 7) is 6.74. The lowest BCUT2D eigenvalue weighted by atomic mass is 10.0. The van der Waals surface area contributed by atoms with E-state index >= 15 is 0 Å². The number of benzene rings is 1. The van der Waals surface area contributed by atoms with Gasteiger partial charge in [0, 0.05) is 31.5 Å². The first-order chi connectivity index (χ1) is 12.9. The summed E-state index contributed by atoms with van der Waals surface area (Å²) in [5.41, 5.74) is 1.43. The summed E-state index contributed by atoms with van der Waals surface area (Å²) < 4.78 is 5.39. The minimum atomic E-state index is -0.606. The summed E-state index contributed by atoms with van der Waals surface area (Å²) in [6.07, 6.45) is 3.42. The van der Waals surface area contributed by atoms with Gasteiger partial charge in [-0.15, -0.1) is 0 Å². The molecule has 0 aliphatic rings. The monoisotopic (exact) mass is 369 g/mol. The van der Waals surface area contributed by atoms with Crippen molar-refractivity contribution in [3.63, 3.8) is 0 Å². The van der Waals surface area contributed by atoms with Crippen molar-refractivity contribution in [2.45, 2.75) is 33.4 Å². The maximum Gasteiger partial charge on any atom is 0.251 e. The van der Waals surface area contributed by atoms with E-state index in [2.05, 4.69) is 10.3 Å². The average Bonchev–Trinajstić information content (AvgIpc) is 2.66. The molecule has 0 saturated heterocycles. The quantitative estimate of drug-likeness (QED) is 0.777. The van der Waals surface area contributed by atoms with Crippen LogP contribution in [0, 0.1) is 5.92 Å². The van der Waals surface area contributed by atoms with Crippen LogP contribution < -0.4 is 10.1 Å². The predicted octanol–water partition coefficient (Wildman–Crippen LogP) is 2.89. The van der Waals surface area contributed by atoms with Crippen LogP contribution in [0.1, 0.15) is 36.7 Å². The maximum absolute atomic E-state index is 12.9. The number of aromatic nitrogens is 1. The Morgan fingerprint density at radius 1 is 1.19 bits per heavy atom. The van der Waals surface area contributed by atoms with Gasteiger partial charge in [-0.05, 0) is 48.7 Å². The molecule has 2 amide bonds. The van der Waals surface area contributed by atoms with Gasteiger partial charge in [-0.3, -0.25) is 14.6 Å². The Morgan fingerprint density at radius 2 is 1.89 bits per heavy atom. The van der Waals surface area contributed by atoms with Crippen molar-refractivity contribution in [1.82, 2.24) is 15.2 Å². The number of ether oxygens (including phenoxy) is 1. The zero-order valence-corrected chi connectivity index (χ0v) is 16.3. The zero-order chi connectivity index (χ0) is 19.8. The van der Waals surface area contributed by atoms with Gasteiger partial charge in [0.15, 0.2) is 0 Å². The largest absolute Gasteiger partial charge is 0.494 e. The summed E-state index contributed by atoms with van der Waals surface area (Å²) in [5, 5.41) is 2.86. The van der Waals surface area contributed by atoms with Crippen LogP contribution >= 0.6 is 0 Å². The normalized spacial score (nSPS) is 11.7. The van der Waals surface area contributed by atoms with E-state index in [1.165, 1.54) is 0 Å². The molecular weight excluding hydrogens is 342 g/mol.